The highest BCUT2D eigenvalue weighted by molar-refractivity contribution is 5.92. The van der Waals surface area contributed by atoms with E-state index < -0.39 is 5.97 Å². The van der Waals surface area contributed by atoms with Crippen LogP contribution in [-0.4, -0.2) is 44.1 Å². The second-order valence-electron chi connectivity index (χ2n) is 6.27. The molecule has 1 aromatic carbocycles. The lowest BCUT2D eigenvalue weighted by Gasteiger charge is -2.35. The lowest BCUT2D eigenvalue weighted by atomic mass is 10.2. The summed E-state index contributed by atoms with van der Waals surface area (Å²) < 4.78 is 0. The summed E-state index contributed by atoms with van der Waals surface area (Å²) in [5.41, 5.74) is 1.84. The molecule has 1 aliphatic heterocycles. The molecule has 6 heteroatoms. The molecule has 1 heterocycles. The highest BCUT2D eigenvalue weighted by Crippen LogP contribution is 2.18. The summed E-state index contributed by atoms with van der Waals surface area (Å²) in [6, 6.07) is 8.36. The Balaban J connectivity index is 1.85. The molecule has 0 atom stereocenters. The number of nitrogens with one attached hydrogen (secondary N) is 2. The van der Waals surface area contributed by atoms with E-state index in [0.717, 1.165) is 31.9 Å². The summed E-state index contributed by atoms with van der Waals surface area (Å²) in [4.78, 5) is 25.9. The molecule has 0 radical (unpaired) electrons. The summed E-state index contributed by atoms with van der Waals surface area (Å²) in [5, 5.41) is 13.0. The van der Waals surface area contributed by atoms with E-state index in [2.05, 4.69) is 24.1 Å². The maximum absolute atomic E-state index is 11.6. The molecule has 6 nitrogen and oxygen atoms in total. The predicted octanol–water partition coefficient (Wildman–Crippen LogP) is -0.731. The quantitative estimate of drug-likeness (QED) is 0.725. The monoisotopic (exact) mass is 319 g/mol. The second-order valence-corrected chi connectivity index (χ2v) is 6.27. The van der Waals surface area contributed by atoms with Crippen molar-refractivity contribution in [3.63, 3.8) is 0 Å². The molecule has 126 valence electrons. The van der Waals surface area contributed by atoms with Crippen molar-refractivity contribution in [2.75, 3.05) is 36.4 Å². The van der Waals surface area contributed by atoms with Gasteiger partial charge in [0.05, 0.1) is 32.2 Å². The molecule has 1 saturated heterocycles. The van der Waals surface area contributed by atoms with Gasteiger partial charge in [-0.2, -0.15) is 0 Å². The number of amides is 1. The van der Waals surface area contributed by atoms with Gasteiger partial charge in [-0.1, -0.05) is 0 Å². The first-order valence-corrected chi connectivity index (χ1v) is 8.15. The van der Waals surface area contributed by atoms with Crippen molar-refractivity contribution in [2.24, 2.45) is 0 Å². The molecule has 1 aromatic rings. The molecule has 1 fully saturated rings. The topological polar surface area (TPSA) is 76.9 Å². The number of carboxylic acid groups (broad SMARTS) is 1. The number of hydrogen-bond donors (Lipinski definition) is 2. The van der Waals surface area contributed by atoms with Gasteiger partial charge < -0.3 is 25.0 Å². The highest BCUT2D eigenvalue weighted by Gasteiger charge is 2.21. The summed E-state index contributed by atoms with van der Waals surface area (Å²) in [6.45, 7) is 8.85. The average molecular weight is 319 g/mol. The number of carbonyl (C=O) groups is 2. The fourth-order valence-corrected chi connectivity index (χ4v) is 2.82. The van der Waals surface area contributed by atoms with Gasteiger partial charge in [-0.25, -0.2) is 0 Å². The fourth-order valence-electron chi connectivity index (χ4n) is 2.82. The molecule has 0 aliphatic carbocycles. The Labute approximate surface area is 137 Å². The molecule has 23 heavy (non-hydrogen) atoms. The number of rotatable bonds is 6. The Morgan fingerprint density at radius 1 is 1.17 bits per heavy atom. The lowest BCUT2D eigenvalue weighted by molar-refractivity contribution is -0.921. The number of anilines is 2. The van der Waals surface area contributed by atoms with Gasteiger partial charge >= 0.3 is 0 Å². The number of aliphatic carboxylic acids is 1. The largest absolute Gasteiger partial charge is 0.550 e. The molecular weight excluding hydrogens is 294 g/mol. The van der Waals surface area contributed by atoms with E-state index in [4.69, 9.17) is 0 Å². The maximum Gasteiger partial charge on any atom is 0.224 e. The van der Waals surface area contributed by atoms with Crippen molar-refractivity contribution in [2.45, 2.75) is 32.7 Å². The van der Waals surface area contributed by atoms with E-state index in [-0.39, 0.29) is 18.7 Å². The Bertz CT molecular complexity index is 535. The van der Waals surface area contributed by atoms with E-state index in [1.54, 1.807) is 4.90 Å². The smallest absolute Gasteiger partial charge is 0.224 e. The van der Waals surface area contributed by atoms with Crippen LogP contribution in [0.25, 0.3) is 0 Å². The van der Waals surface area contributed by atoms with Gasteiger partial charge in [0.25, 0.3) is 0 Å². The Kier molecular flexibility index (Phi) is 5.98. The van der Waals surface area contributed by atoms with Gasteiger partial charge in [-0.15, -0.1) is 0 Å². The van der Waals surface area contributed by atoms with Gasteiger partial charge in [0.15, 0.2) is 0 Å². The van der Waals surface area contributed by atoms with Crippen LogP contribution in [0.2, 0.25) is 0 Å². The minimum atomic E-state index is -1.21. The normalized spacial score (nSPS) is 15.7. The number of benzene rings is 1. The zero-order valence-electron chi connectivity index (χ0n) is 13.8. The van der Waals surface area contributed by atoms with E-state index in [9.17, 15) is 14.7 Å². The summed E-state index contributed by atoms with van der Waals surface area (Å²) in [6.07, 6.45) is -0.323. The van der Waals surface area contributed by atoms with E-state index >= 15 is 0 Å². The first-order chi connectivity index (χ1) is 11.0. The number of hydrogen-bond acceptors (Lipinski definition) is 4. The maximum atomic E-state index is 11.6. The molecule has 0 unspecified atom stereocenters. The third-order valence-electron chi connectivity index (χ3n) is 4.29. The summed E-state index contributed by atoms with van der Waals surface area (Å²) >= 11 is 0. The molecule has 0 bridgehead atoms. The van der Waals surface area contributed by atoms with Gasteiger partial charge in [0, 0.05) is 23.8 Å². The van der Waals surface area contributed by atoms with Crippen LogP contribution in [0.4, 0.5) is 11.4 Å². The average Bonchev–Trinajstić information content (AvgIpc) is 2.54. The first-order valence-electron chi connectivity index (χ1n) is 8.15. The highest BCUT2D eigenvalue weighted by atomic mass is 16.4. The number of quaternary nitrogens is 1. The Hall–Kier alpha value is -2.08. The number of piperazine rings is 1. The van der Waals surface area contributed by atoms with Crippen LogP contribution >= 0.6 is 0 Å². The van der Waals surface area contributed by atoms with Gasteiger partial charge in [-0.05, 0) is 44.5 Å². The van der Waals surface area contributed by atoms with Crippen LogP contribution < -0.4 is 20.2 Å². The molecule has 0 spiro atoms. The minimum absolute atomic E-state index is 0.0655. The van der Waals surface area contributed by atoms with Gasteiger partial charge in [0.2, 0.25) is 5.91 Å². The second kappa shape index (κ2) is 7.97. The van der Waals surface area contributed by atoms with Crippen molar-refractivity contribution < 1.29 is 19.6 Å². The van der Waals surface area contributed by atoms with E-state index in [1.165, 1.54) is 0 Å². The molecular formula is C17H25N3O3. The van der Waals surface area contributed by atoms with Crippen molar-refractivity contribution in [1.29, 1.82) is 0 Å². The lowest BCUT2D eigenvalue weighted by Crippen LogP contribution is -3.17. The first kappa shape index (κ1) is 17.3. The molecule has 0 saturated carbocycles. The zero-order chi connectivity index (χ0) is 16.8. The minimum Gasteiger partial charge on any atom is -0.550 e. The molecule has 1 aliphatic rings. The number of carboxylic acids is 1. The third-order valence-corrected chi connectivity index (χ3v) is 4.29. The van der Waals surface area contributed by atoms with Crippen LogP contribution in [0.5, 0.6) is 0 Å². The number of carbonyl (C=O) groups excluding carboxylic acids is 2. The van der Waals surface area contributed by atoms with Crippen LogP contribution in [0.1, 0.15) is 26.7 Å². The standard InChI is InChI=1S/C17H25N3O3/c1-13(2)19-9-11-20(12-10-19)15-5-3-14(4-6-15)18-16(21)7-8-17(22)23/h3-6,13H,7-12H2,1-2H3,(H,18,21)(H,22,23). The molecule has 2 rings (SSSR count). The Morgan fingerprint density at radius 2 is 1.78 bits per heavy atom. The van der Waals surface area contributed by atoms with Crippen molar-refractivity contribution in [1.82, 2.24) is 0 Å². The van der Waals surface area contributed by atoms with E-state index in [0.29, 0.717) is 11.7 Å². The fraction of sp³-hybridized carbons (Fsp3) is 0.529. The summed E-state index contributed by atoms with van der Waals surface area (Å²) in [5.74, 6) is -1.52. The van der Waals surface area contributed by atoms with Gasteiger partial charge in [0.1, 0.15) is 0 Å². The predicted molar refractivity (Wildman–Crippen MR) is 87.4 cm³/mol. The summed E-state index contributed by atoms with van der Waals surface area (Å²) in [7, 11) is 0. The van der Waals surface area contributed by atoms with Crippen molar-refractivity contribution >= 4 is 23.3 Å². The number of nitrogens with zero attached hydrogens (tertiary/aromatic N) is 1. The van der Waals surface area contributed by atoms with E-state index in [1.807, 2.05) is 24.3 Å². The van der Waals surface area contributed by atoms with Crippen molar-refractivity contribution in [3.8, 4) is 0 Å². The SMILES string of the molecule is CC(C)[NH+]1CCN(c2ccc(NC(=O)CCC(=O)[O-])cc2)CC1. The molecule has 0 aromatic heterocycles. The van der Waals surface area contributed by atoms with Crippen LogP contribution in [0.3, 0.4) is 0 Å². The zero-order valence-corrected chi connectivity index (χ0v) is 13.8. The van der Waals surface area contributed by atoms with Crippen molar-refractivity contribution in [3.05, 3.63) is 24.3 Å². The van der Waals surface area contributed by atoms with Crippen LogP contribution in [-0.2, 0) is 9.59 Å². The molecule has 2 N–H and O–H groups in total. The van der Waals surface area contributed by atoms with Gasteiger partial charge in [-0.3, -0.25) is 4.79 Å². The Morgan fingerprint density at radius 3 is 2.30 bits per heavy atom. The van der Waals surface area contributed by atoms with Crippen LogP contribution in [0.15, 0.2) is 24.3 Å². The van der Waals surface area contributed by atoms with Crippen LogP contribution in [0, 0.1) is 0 Å². The molecule has 1 amide bonds. The third kappa shape index (κ3) is 5.25.